The largest absolute Gasteiger partial charge is 0.349 e. The second kappa shape index (κ2) is 4.11. The van der Waals surface area contributed by atoms with Gasteiger partial charge in [0.1, 0.15) is 0 Å². The Bertz CT molecular complexity index is 442. The van der Waals surface area contributed by atoms with Crippen LogP contribution in [0.2, 0.25) is 0 Å². The Morgan fingerprint density at radius 1 is 1.59 bits per heavy atom. The molecule has 0 saturated heterocycles. The van der Waals surface area contributed by atoms with Crippen LogP contribution in [0, 0.1) is 12.3 Å². The van der Waals surface area contributed by atoms with Crippen LogP contribution in [0.4, 0.5) is 0 Å². The quantitative estimate of drug-likeness (QED) is 0.807. The van der Waals surface area contributed by atoms with Crippen molar-refractivity contribution in [3.63, 3.8) is 0 Å². The number of pyridine rings is 1. The Balaban J connectivity index is 2.07. The maximum absolute atomic E-state index is 12.1. The summed E-state index contributed by atoms with van der Waals surface area (Å²) in [5.74, 6) is -0.0550. The van der Waals surface area contributed by atoms with E-state index in [9.17, 15) is 4.79 Å². The Hall–Kier alpha value is -1.42. The molecule has 1 fully saturated rings. The van der Waals surface area contributed by atoms with E-state index < -0.39 is 0 Å². The van der Waals surface area contributed by atoms with Crippen LogP contribution in [0.25, 0.3) is 0 Å². The molecular weight excluding hydrogens is 214 g/mol. The summed E-state index contributed by atoms with van der Waals surface area (Å²) in [4.78, 5) is 16.2. The van der Waals surface area contributed by atoms with Gasteiger partial charge < -0.3 is 11.1 Å². The molecular formula is C13H19N3O. The fourth-order valence-electron chi connectivity index (χ4n) is 2.16. The number of carbonyl (C=O) groups excluding carboxylic acids is 1. The third kappa shape index (κ3) is 2.05. The maximum atomic E-state index is 12.1. The number of aromatic nitrogens is 1. The smallest absolute Gasteiger partial charge is 0.253 e. The molecule has 1 heterocycles. The van der Waals surface area contributed by atoms with E-state index in [4.69, 9.17) is 5.73 Å². The lowest BCUT2D eigenvalue weighted by Crippen LogP contribution is -2.64. The second-order valence-corrected chi connectivity index (χ2v) is 5.33. The molecule has 1 aromatic heterocycles. The van der Waals surface area contributed by atoms with Crippen LogP contribution in [0.5, 0.6) is 0 Å². The van der Waals surface area contributed by atoms with E-state index in [0.717, 1.165) is 12.1 Å². The van der Waals surface area contributed by atoms with Gasteiger partial charge in [0.05, 0.1) is 5.56 Å². The Morgan fingerprint density at radius 3 is 2.82 bits per heavy atom. The summed E-state index contributed by atoms with van der Waals surface area (Å²) in [6.45, 7) is 6.01. The highest BCUT2D eigenvalue weighted by Gasteiger charge is 2.46. The van der Waals surface area contributed by atoms with Gasteiger partial charge in [0.2, 0.25) is 0 Å². The van der Waals surface area contributed by atoms with Gasteiger partial charge in [-0.05, 0) is 25.5 Å². The number of nitrogens with two attached hydrogens (primary N) is 1. The summed E-state index contributed by atoms with van der Waals surface area (Å²) < 4.78 is 0. The molecule has 4 nitrogen and oxygen atoms in total. The van der Waals surface area contributed by atoms with Crippen molar-refractivity contribution in [3.05, 3.63) is 29.6 Å². The number of carbonyl (C=O) groups is 1. The molecule has 1 amide bonds. The van der Waals surface area contributed by atoms with Crippen molar-refractivity contribution in [1.29, 1.82) is 0 Å². The summed E-state index contributed by atoms with van der Waals surface area (Å²) in [7, 11) is 0. The lowest BCUT2D eigenvalue weighted by Gasteiger charge is -2.50. The second-order valence-electron chi connectivity index (χ2n) is 5.33. The van der Waals surface area contributed by atoms with Gasteiger partial charge in [0.25, 0.3) is 5.91 Å². The van der Waals surface area contributed by atoms with Gasteiger partial charge in [0.15, 0.2) is 0 Å². The number of hydrogen-bond donors (Lipinski definition) is 2. The monoisotopic (exact) mass is 233 g/mol. The van der Waals surface area contributed by atoms with Crippen molar-refractivity contribution in [2.45, 2.75) is 39.3 Å². The predicted octanol–water partition coefficient (Wildman–Crippen LogP) is 1.25. The van der Waals surface area contributed by atoms with E-state index >= 15 is 0 Å². The van der Waals surface area contributed by atoms with Gasteiger partial charge in [-0.2, -0.15) is 0 Å². The lowest BCUT2D eigenvalue weighted by atomic mass is 9.63. The van der Waals surface area contributed by atoms with Crippen LogP contribution in [0.3, 0.4) is 0 Å². The lowest BCUT2D eigenvalue weighted by molar-refractivity contribution is 0.0586. The van der Waals surface area contributed by atoms with E-state index in [-0.39, 0.29) is 23.4 Å². The van der Waals surface area contributed by atoms with Crippen molar-refractivity contribution < 1.29 is 4.79 Å². The van der Waals surface area contributed by atoms with Crippen molar-refractivity contribution in [3.8, 4) is 0 Å². The summed E-state index contributed by atoms with van der Waals surface area (Å²) >= 11 is 0. The molecule has 0 radical (unpaired) electrons. The van der Waals surface area contributed by atoms with Crippen LogP contribution >= 0.6 is 0 Å². The zero-order valence-electron chi connectivity index (χ0n) is 10.5. The number of nitrogens with one attached hydrogen (secondary N) is 1. The number of aryl methyl sites for hydroxylation is 1. The molecule has 1 aliphatic carbocycles. The van der Waals surface area contributed by atoms with Gasteiger partial charge >= 0.3 is 0 Å². The van der Waals surface area contributed by atoms with Gasteiger partial charge in [-0.1, -0.05) is 13.8 Å². The first-order chi connectivity index (χ1) is 7.93. The molecule has 17 heavy (non-hydrogen) atoms. The van der Waals surface area contributed by atoms with E-state index in [0.29, 0.717) is 5.56 Å². The molecule has 2 rings (SSSR count). The van der Waals surface area contributed by atoms with Crippen LogP contribution < -0.4 is 11.1 Å². The van der Waals surface area contributed by atoms with Gasteiger partial charge in [-0.3, -0.25) is 9.78 Å². The fourth-order valence-corrected chi connectivity index (χ4v) is 2.16. The van der Waals surface area contributed by atoms with E-state index in [1.165, 1.54) is 0 Å². The molecule has 1 aliphatic rings. The summed E-state index contributed by atoms with van der Waals surface area (Å²) in [6, 6.07) is 3.90. The fraction of sp³-hybridized carbons (Fsp3) is 0.538. The van der Waals surface area contributed by atoms with Crippen LogP contribution in [0.1, 0.15) is 36.3 Å². The topological polar surface area (TPSA) is 68.0 Å². The zero-order chi connectivity index (χ0) is 12.6. The van der Waals surface area contributed by atoms with Crippen molar-refractivity contribution in [2.24, 2.45) is 11.1 Å². The minimum absolute atomic E-state index is 0.0220. The average molecular weight is 233 g/mol. The minimum atomic E-state index is -0.0550. The van der Waals surface area contributed by atoms with Crippen LogP contribution in [-0.4, -0.2) is 23.0 Å². The first-order valence-corrected chi connectivity index (χ1v) is 5.91. The van der Waals surface area contributed by atoms with E-state index in [2.05, 4.69) is 24.1 Å². The molecule has 2 unspecified atom stereocenters. The Labute approximate surface area is 102 Å². The molecule has 92 valence electrons. The molecule has 0 spiro atoms. The molecule has 0 aliphatic heterocycles. The summed E-state index contributed by atoms with van der Waals surface area (Å²) in [5.41, 5.74) is 7.30. The molecule has 1 saturated carbocycles. The Kier molecular flexibility index (Phi) is 2.91. The highest BCUT2D eigenvalue weighted by molar-refractivity contribution is 5.95. The summed E-state index contributed by atoms with van der Waals surface area (Å²) in [6.07, 6.45) is 2.54. The first-order valence-electron chi connectivity index (χ1n) is 5.91. The molecule has 1 aromatic rings. The van der Waals surface area contributed by atoms with Crippen LogP contribution in [0.15, 0.2) is 18.3 Å². The first kappa shape index (κ1) is 12.0. The third-order valence-corrected chi connectivity index (χ3v) is 3.90. The molecule has 0 bridgehead atoms. The molecule has 4 heteroatoms. The van der Waals surface area contributed by atoms with E-state index in [1.807, 2.05) is 6.92 Å². The minimum Gasteiger partial charge on any atom is -0.349 e. The highest BCUT2D eigenvalue weighted by Crippen LogP contribution is 2.39. The standard InChI is InChI=1S/C13H19N3O/c1-8-9(5-4-6-15-8)12(17)16-11-7-10(14)13(11,2)3/h4-6,10-11H,7,14H2,1-3H3,(H,16,17). The zero-order valence-corrected chi connectivity index (χ0v) is 10.5. The number of nitrogens with zero attached hydrogens (tertiary/aromatic N) is 1. The van der Waals surface area contributed by atoms with Crippen LogP contribution in [-0.2, 0) is 0 Å². The third-order valence-electron chi connectivity index (χ3n) is 3.90. The SMILES string of the molecule is Cc1ncccc1C(=O)NC1CC(N)C1(C)C. The maximum Gasteiger partial charge on any atom is 0.253 e. The average Bonchev–Trinajstić information content (AvgIpc) is 2.29. The van der Waals surface area contributed by atoms with Crippen molar-refractivity contribution >= 4 is 5.91 Å². The highest BCUT2D eigenvalue weighted by atomic mass is 16.1. The number of hydrogen-bond acceptors (Lipinski definition) is 3. The van der Waals surface area contributed by atoms with Gasteiger partial charge in [0, 0.05) is 29.4 Å². The number of rotatable bonds is 2. The van der Waals surface area contributed by atoms with Crippen molar-refractivity contribution in [2.75, 3.05) is 0 Å². The van der Waals surface area contributed by atoms with E-state index in [1.54, 1.807) is 18.3 Å². The normalized spacial score (nSPS) is 26.1. The number of amides is 1. The molecule has 0 aromatic carbocycles. The Morgan fingerprint density at radius 2 is 2.29 bits per heavy atom. The predicted molar refractivity (Wildman–Crippen MR) is 66.6 cm³/mol. The van der Waals surface area contributed by atoms with Gasteiger partial charge in [-0.25, -0.2) is 0 Å². The van der Waals surface area contributed by atoms with Crippen molar-refractivity contribution in [1.82, 2.24) is 10.3 Å². The molecule has 3 N–H and O–H groups in total. The molecule has 2 atom stereocenters. The van der Waals surface area contributed by atoms with Gasteiger partial charge in [-0.15, -0.1) is 0 Å². The summed E-state index contributed by atoms with van der Waals surface area (Å²) in [5, 5.41) is 3.04.